The number of hydrogen-bond donors (Lipinski definition) is 1. The zero-order chi connectivity index (χ0) is 15.6. The summed E-state index contributed by atoms with van der Waals surface area (Å²) in [4.78, 5) is 27.0. The maximum absolute atomic E-state index is 12.2. The summed E-state index contributed by atoms with van der Waals surface area (Å²) < 4.78 is 1.47. The van der Waals surface area contributed by atoms with Gasteiger partial charge in [0, 0.05) is 12.6 Å². The van der Waals surface area contributed by atoms with E-state index in [4.69, 9.17) is 0 Å². The lowest BCUT2D eigenvalue weighted by atomic mass is 10.2. The number of nitrogens with zero attached hydrogens (tertiary/aromatic N) is 3. The highest BCUT2D eigenvalue weighted by atomic mass is 79.9. The molecule has 0 aromatic carbocycles. The van der Waals surface area contributed by atoms with Crippen LogP contribution in [0.5, 0.6) is 0 Å². The molecule has 1 N–H and O–H groups in total. The predicted octanol–water partition coefficient (Wildman–Crippen LogP) is 2.31. The molecule has 0 radical (unpaired) electrons. The van der Waals surface area contributed by atoms with E-state index >= 15 is 0 Å². The van der Waals surface area contributed by atoms with Crippen molar-refractivity contribution in [2.24, 2.45) is 0 Å². The van der Waals surface area contributed by atoms with E-state index in [1.54, 1.807) is 25.2 Å². The smallest absolute Gasteiger partial charge is 0.289 e. The first kappa shape index (κ1) is 15.2. The Bertz CT molecular complexity index is 758. The van der Waals surface area contributed by atoms with Crippen LogP contribution in [0.15, 0.2) is 33.7 Å². The Morgan fingerprint density at radius 3 is 2.81 bits per heavy atom. The Balaban J connectivity index is 2.49. The molecule has 21 heavy (non-hydrogen) atoms. The number of rotatable bonds is 4. The third kappa shape index (κ3) is 3.10. The zero-order valence-electron chi connectivity index (χ0n) is 11.5. The van der Waals surface area contributed by atoms with Gasteiger partial charge in [-0.05, 0) is 35.0 Å². The highest BCUT2D eigenvalue weighted by Gasteiger charge is 2.18. The number of aromatic nitrogens is 2. The van der Waals surface area contributed by atoms with Gasteiger partial charge in [-0.2, -0.15) is 0 Å². The first-order chi connectivity index (χ1) is 9.93. The van der Waals surface area contributed by atoms with E-state index in [0.717, 1.165) is 0 Å². The van der Waals surface area contributed by atoms with Crippen LogP contribution in [-0.4, -0.2) is 21.5 Å². The second-order valence-electron chi connectivity index (χ2n) is 4.41. The van der Waals surface area contributed by atoms with Crippen LogP contribution in [-0.2, 0) is 6.54 Å². The standard InChI is InChI=1S/C13H13BrN4O3/c1-8-10(18(20)21)7-17(13(19)12(8)14)6-9-4-3-5-11(15-2)16-9/h3-5,7H,6H2,1-2H3,(H,15,16). The zero-order valence-corrected chi connectivity index (χ0v) is 13.0. The van der Waals surface area contributed by atoms with Crippen LogP contribution in [0.2, 0.25) is 0 Å². The second-order valence-corrected chi connectivity index (χ2v) is 5.20. The van der Waals surface area contributed by atoms with Crippen LogP contribution in [0.25, 0.3) is 0 Å². The lowest BCUT2D eigenvalue weighted by Crippen LogP contribution is -2.23. The number of pyridine rings is 2. The summed E-state index contributed by atoms with van der Waals surface area (Å²) >= 11 is 3.12. The molecule has 8 heteroatoms. The molecule has 2 heterocycles. The van der Waals surface area contributed by atoms with Gasteiger partial charge in [0.05, 0.1) is 27.8 Å². The third-order valence-corrected chi connectivity index (χ3v) is 3.97. The Kier molecular flexibility index (Phi) is 4.37. The average molecular weight is 353 g/mol. The number of nitrogens with one attached hydrogen (secondary N) is 1. The van der Waals surface area contributed by atoms with Gasteiger partial charge < -0.3 is 9.88 Å². The highest BCUT2D eigenvalue weighted by Crippen LogP contribution is 2.22. The normalized spacial score (nSPS) is 10.4. The van der Waals surface area contributed by atoms with Crippen molar-refractivity contribution in [3.8, 4) is 0 Å². The summed E-state index contributed by atoms with van der Waals surface area (Å²) in [6, 6.07) is 5.35. The van der Waals surface area contributed by atoms with Crippen LogP contribution in [0.4, 0.5) is 11.5 Å². The summed E-state index contributed by atoms with van der Waals surface area (Å²) in [6.07, 6.45) is 1.25. The first-order valence-electron chi connectivity index (χ1n) is 6.11. The molecule has 7 nitrogen and oxygen atoms in total. The van der Waals surface area contributed by atoms with Crippen LogP contribution >= 0.6 is 15.9 Å². The van der Waals surface area contributed by atoms with E-state index in [1.165, 1.54) is 17.7 Å². The quantitative estimate of drug-likeness (QED) is 0.673. The summed E-state index contributed by atoms with van der Waals surface area (Å²) in [5, 5.41) is 13.9. The fourth-order valence-electron chi connectivity index (χ4n) is 1.88. The summed E-state index contributed by atoms with van der Waals surface area (Å²) in [5.74, 6) is 0.668. The molecule has 0 saturated heterocycles. The highest BCUT2D eigenvalue weighted by molar-refractivity contribution is 9.10. The van der Waals surface area contributed by atoms with Crippen molar-refractivity contribution in [3.63, 3.8) is 0 Å². The molecule has 0 aliphatic rings. The Morgan fingerprint density at radius 1 is 1.48 bits per heavy atom. The van der Waals surface area contributed by atoms with E-state index in [9.17, 15) is 14.9 Å². The topological polar surface area (TPSA) is 90.1 Å². The minimum atomic E-state index is -0.506. The van der Waals surface area contributed by atoms with E-state index in [-0.39, 0.29) is 22.3 Å². The molecule has 0 unspecified atom stereocenters. The van der Waals surface area contributed by atoms with Gasteiger partial charge >= 0.3 is 0 Å². The van der Waals surface area contributed by atoms with E-state index in [2.05, 4.69) is 26.2 Å². The van der Waals surface area contributed by atoms with Crippen molar-refractivity contribution < 1.29 is 4.92 Å². The van der Waals surface area contributed by atoms with Gasteiger partial charge in [0.15, 0.2) is 0 Å². The molecular formula is C13H13BrN4O3. The lowest BCUT2D eigenvalue weighted by Gasteiger charge is -2.09. The molecule has 0 atom stereocenters. The predicted molar refractivity (Wildman–Crippen MR) is 82.7 cm³/mol. The lowest BCUT2D eigenvalue weighted by molar-refractivity contribution is -0.386. The molecule has 2 rings (SSSR count). The van der Waals surface area contributed by atoms with Gasteiger partial charge in [-0.15, -0.1) is 0 Å². The van der Waals surface area contributed by atoms with Gasteiger partial charge in [0.2, 0.25) is 0 Å². The molecular weight excluding hydrogens is 340 g/mol. The minimum Gasteiger partial charge on any atom is -0.373 e. The molecule has 0 fully saturated rings. The summed E-state index contributed by atoms with van der Waals surface area (Å²) in [5.41, 5.74) is 0.521. The molecule has 0 amide bonds. The van der Waals surface area contributed by atoms with Crippen LogP contribution < -0.4 is 10.9 Å². The summed E-state index contributed by atoms with van der Waals surface area (Å²) in [7, 11) is 1.74. The van der Waals surface area contributed by atoms with Crippen LogP contribution in [0.1, 0.15) is 11.3 Å². The van der Waals surface area contributed by atoms with Gasteiger partial charge in [-0.25, -0.2) is 4.98 Å². The first-order valence-corrected chi connectivity index (χ1v) is 6.91. The summed E-state index contributed by atoms with van der Waals surface area (Å²) in [6.45, 7) is 1.70. The monoisotopic (exact) mass is 352 g/mol. The van der Waals surface area contributed by atoms with Gasteiger partial charge in [0.1, 0.15) is 5.82 Å². The van der Waals surface area contributed by atoms with Crippen molar-refractivity contribution in [1.82, 2.24) is 9.55 Å². The molecule has 110 valence electrons. The maximum Gasteiger partial charge on any atom is 0.289 e. The number of nitro groups is 1. The van der Waals surface area contributed by atoms with Crippen molar-refractivity contribution in [2.75, 3.05) is 12.4 Å². The fraction of sp³-hybridized carbons (Fsp3) is 0.231. The Hall–Kier alpha value is -2.22. The van der Waals surface area contributed by atoms with E-state index in [1.807, 2.05) is 0 Å². The van der Waals surface area contributed by atoms with Crippen molar-refractivity contribution in [3.05, 3.63) is 60.6 Å². The van der Waals surface area contributed by atoms with Crippen molar-refractivity contribution >= 4 is 27.4 Å². The largest absolute Gasteiger partial charge is 0.373 e. The molecule has 0 aliphatic carbocycles. The molecule has 0 bridgehead atoms. The molecule has 2 aromatic rings. The molecule has 0 saturated carbocycles. The van der Waals surface area contributed by atoms with Gasteiger partial charge in [-0.1, -0.05) is 6.07 Å². The average Bonchev–Trinajstić information content (AvgIpc) is 2.47. The van der Waals surface area contributed by atoms with E-state index < -0.39 is 4.92 Å². The fourth-order valence-corrected chi connectivity index (χ4v) is 2.32. The van der Waals surface area contributed by atoms with Gasteiger partial charge in [0.25, 0.3) is 11.2 Å². The minimum absolute atomic E-state index is 0.105. The van der Waals surface area contributed by atoms with E-state index in [0.29, 0.717) is 17.1 Å². The second kappa shape index (κ2) is 6.04. The Labute approximate surface area is 128 Å². The molecule has 2 aromatic heterocycles. The van der Waals surface area contributed by atoms with Crippen molar-refractivity contribution in [1.29, 1.82) is 0 Å². The molecule has 0 aliphatic heterocycles. The number of anilines is 1. The maximum atomic E-state index is 12.2. The van der Waals surface area contributed by atoms with Crippen LogP contribution in [0.3, 0.4) is 0 Å². The Morgan fingerprint density at radius 2 is 2.19 bits per heavy atom. The third-order valence-electron chi connectivity index (χ3n) is 3.03. The number of halogens is 1. The molecule has 0 spiro atoms. The van der Waals surface area contributed by atoms with Crippen molar-refractivity contribution in [2.45, 2.75) is 13.5 Å². The SMILES string of the molecule is CNc1cccc(Cn2cc([N+](=O)[O-])c(C)c(Br)c2=O)n1. The van der Waals surface area contributed by atoms with Gasteiger partial charge in [-0.3, -0.25) is 14.9 Å². The number of hydrogen-bond acceptors (Lipinski definition) is 5. The van der Waals surface area contributed by atoms with Crippen LogP contribution in [0, 0.1) is 17.0 Å².